The fourth-order valence-electron chi connectivity index (χ4n) is 3.04. The minimum Gasteiger partial charge on any atom is -0.493 e. The van der Waals surface area contributed by atoms with Crippen LogP contribution in [0.15, 0.2) is 29.0 Å². The Morgan fingerprint density at radius 3 is 2.86 bits per heavy atom. The molecule has 0 spiro atoms. The molecular weight excluding hydrogens is 410 g/mol. The molecule has 3 aromatic rings. The average molecular weight is 429 g/mol. The summed E-state index contributed by atoms with van der Waals surface area (Å²) in [5.74, 6) is 0.814. The van der Waals surface area contributed by atoms with E-state index >= 15 is 0 Å². The van der Waals surface area contributed by atoms with Gasteiger partial charge in [0.1, 0.15) is 6.33 Å². The summed E-state index contributed by atoms with van der Waals surface area (Å²) in [6.45, 7) is -1.10. The first-order valence-corrected chi connectivity index (χ1v) is 8.73. The van der Waals surface area contributed by atoms with Gasteiger partial charge in [-0.1, -0.05) is 5.16 Å². The standard InChI is InChI=1S/C17H18F2N6O3.ClH/c1-26-13-7-10(4-5-12(13)27-17(18)19)14-22-16(28-24-14)15-21-9-25(23-15)11-3-2-6-20-8-11;/h4-5,7,9,11,17,20H,2-3,6,8H2,1H3;1H. The molecule has 9 nitrogen and oxygen atoms in total. The molecule has 1 aliphatic rings. The van der Waals surface area contributed by atoms with Crippen LogP contribution in [0.5, 0.6) is 11.5 Å². The third-order valence-electron chi connectivity index (χ3n) is 4.41. The van der Waals surface area contributed by atoms with E-state index in [2.05, 4.69) is 30.3 Å². The molecule has 1 unspecified atom stereocenters. The number of nitrogens with one attached hydrogen (secondary N) is 1. The number of piperidine rings is 1. The molecule has 1 aromatic carbocycles. The summed E-state index contributed by atoms with van der Waals surface area (Å²) in [7, 11) is 1.36. The summed E-state index contributed by atoms with van der Waals surface area (Å²) in [5, 5.41) is 11.7. The minimum absolute atomic E-state index is 0. The van der Waals surface area contributed by atoms with Crippen LogP contribution >= 0.6 is 12.4 Å². The van der Waals surface area contributed by atoms with Crippen molar-refractivity contribution in [1.82, 2.24) is 30.2 Å². The molecule has 29 heavy (non-hydrogen) atoms. The Kier molecular flexibility index (Phi) is 6.60. The summed E-state index contributed by atoms with van der Waals surface area (Å²) in [5.41, 5.74) is 0.518. The van der Waals surface area contributed by atoms with Gasteiger partial charge in [-0.3, -0.25) is 0 Å². The van der Waals surface area contributed by atoms with Crippen LogP contribution in [0.4, 0.5) is 8.78 Å². The van der Waals surface area contributed by atoms with Crippen molar-refractivity contribution in [3.8, 4) is 34.6 Å². The number of hydrogen-bond acceptors (Lipinski definition) is 8. The van der Waals surface area contributed by atoms with Crippen LogP contribution in [-0.2, 0) is 0 Å². The topological polar surface area (TPSA) is 100 Å². The lowest BCUT2D eigenvalue weighted by Gasteiger charge is -2.22. The van der Waals surface area contributed by atoms with Crippen LogP contribution in [-0.4, -0.2) is 51.7 Å². The van der Waals surface area contributed by atoms with Crippen LogP contribution in [0.1, 0.15) is 18.9 Å². The summed E-state index contributed by atoms with van der Waals surface area (Å²) in [6, 6.07) is 4.63. The zero-order valence-corrected chi connectivity index (χ0v) is 16.2. The van der Waals surface area contributed by atoms with Gasteiger partial charge in [0, 0.05) is 12.1 Å². The number of nitrogens with zero attached hydrogens (tertiary/aromatic N) is 5. The molecule has 0 bridgehead atoms. The molecule has 1 atom stereocenters. The normalized spacial score (nSPS) is 16.5. The Morgan fingerprint density at radius 1 is 1.28 bits per heavy atom. The van der Waals surface area contributed by atoms with Gasteiger partial charge in [-0.2, -0.15) is 13.8 Å². The second-order valence-corrected chi connectivity index (χ2v) is 6.22. The Balaban J connectivity index is 0.00000240. The van der Waals surface area contributed by atoms with Crippen molar-refractivity contribution in [3.63, 3.8) is 0 Å². The van der Waals surface area contributed by atoms with Crippen molar-refractivity contribution in [2.45, 2.75) is 25.5 Å². The Labute approximate surface area is 170 Å². The van der Waals surface area contributed by atoms with Gasteiger partial charge in [-0.15, -0.1) is 17.5 Å². The monoisotopic (exact) mass is 428 g/mol. The van der Waals surface area contributed by atoms with E-state index in [-0.39, 0.29) is 41.7 Å². The molecule has 1 saturated heterocycles. The molecule has 0 radical (unpaired) electrons. The first kappa shape index (κ1) is 20.9. The van der Waals surface area contributed by atoms with E-state index in [0.717, 1.165) is 25.9 Å². The number of hydrogen-bond donors (Lipinski definition) is 1. The zero-order valence-electron chi connectivity index (χ0n) is 15.4. The van der Waals surface area contributed by atoms with E-state index in [1.54, 1.807) is 11.0 Å². The third-order valence-corrected chi connectivity index (χ3v) is 4.41. The highest BCUT2D eigenvalue weighted by molar-refractivity contribution is 5.85. The molecule has 1 aliphatic heterocycles. The quantitative estimate of drug-likeness (QED) is 0.639. The average Bonchev–Trinajstić information content (AvgIpc) is 3.38. The van der Waals surface area contributed by atoms with E-state index < -0.39 is 6.61 Å². The number of methoxy groups -OCH3 is 1. The van der Waals surface area contributed by atoms with Gasteiger partial charge in [-0.05, 0) is 37.6 Å². The number of aromatic nitrogens is 5. The Morgan fingerprint density at radius 2 is 2.14 bits per heavy atom. The van der Waals surface area contributed by atoms with Crippen molar-refractivity contribution < 1.29 is 22.8 Å². The maximum atomic E-state index is 12.5. The third kappa shape index (κ3) is 4.62. The lowest BCUT2D eigenvalue weighted by atomic mass is 10.1. The molecule has 3 heterocycles. The Hall–Kier alpha value is -2.79. The van der Waals surface area contributed by atoms with Gasteiger partial charge in [0.2, 0.25) is 11.6 Å². The zero-order chi connectivity index (χ0) is 19.5. The fraction of sp³-hybridized carbons (Fsp3) is 0.412. The van der Waals surface area contributed by atoms with Crippen LogP contribution in [0, 0.1) is 0 Å². The maximum absolute atomic E-state index is 12.5. The van der Waals surface area contributed by atoms with Gasteiger partial charge in [0.15, 0.2) is 11.5 Å². The number of ether oxygens (including phenoxy) is 2. The van der Waals surface area contributed by atoms with Gasteiger partial charge >= 0.3 is 6.61 Å². The second kappa shape index (κ2) is 9.14. The largest absolute Gasteiger partial charge is 0.493 e. The summed E-state index contributed by atoms with van der Waals surface area (Å²) in [6.07, 6.45) is 3.76. The van der Waals surface area contributed by atoms with E-state index in [0.29, 0.717) is 11.4 Å². The molecule has 2 aromatic heterocycles. The van der Waals surface area contributed by atoms with Crippen LogP contribution < -0.4 is 14.8 Å². The molecule has 12 heteroatoms. The van der Waals surface area contributed by atoms with Crippen LogP contribution in [0.2, 0.25) is 0 Å². The van der Waals surface area contributed by atoms with Gasteiger partial charge < -0.3 is 19.3 Å². The lowest BCUT2D eigenvalue weighted by Crippen LogP contribution is -2.31. The van der Waals surface area contributed by atoms with Crippen molar-refractivity contribution in [3.05, 3.63) is 24.5 Å². The molecule has 0 amide bonds. The summed E-state index contributed by atoms with van der Waals surface area (Å²) >= 11 is 0. The number of alkyl halides is 2. The summed E-state index contributed by atoms with van der Waals surface area (Å²) in [4.78, 5) is 8.55. The Bertz CT molecular complexity index is 945. The van der Waals surface area contributed by atoms with Crippen molar-refractivity contribution >= 4 is 12.4 Å². The van der Waals surface area contributed by atoms with E-state index in [1.807, 2.05) is 0 Å². The molecule has 4 rings (SSSR count). The molecule has 1 N–H and O–H groups in total. The van der Waals surface area contributed by atoms with Gasteiger partial charge in [0.05, 0.1) is 13.2 Å². The molecular formula is C17H19ClF2N6O3. The molecule has 0 saturated carbocycles. The molecule has 156 valence electrons. The number of benzene rings is 1. The molecule has 0 aliphatic carbocycles. The molecule has 1 fully saturated rings. The van der Waals surface area contributed by atoms with Crippen molar-refractivity contribution in [2.75, 3.05) is 20.2 Å². The highest BCUT2D eigenvalue weighted by Crippen LogP contribution is 2.33. The van der Waals surface area contributed by atoms with E-state index in [4.69, 9.17) is 9.26 Å². The van der Waals surface area contributed by atoms with E-state index in [1.165, 1.54) is 25.3 Å². The lowest BCUT2D eigenvalue weighted by molar-refractivity contribution is -0.0512. The van der Waals surface area contributed by atoms with Crippen molar-refractivity contribution in [2.24, 2.45) is 0 Å². The first-order chi connectivity index (χ1) is 13.6. The SMILES string of the molecule is COc1cc(-c2noc(-c3ncn(C4CCCNC4)n3)n2)ccc1OC(F)F.Cl. The minimum atomic E-state index is -2.95. The summed E-state index contributed by atoms with van der Waals surface area (Å²) < 4.78 is 41.5. The van der Waals surface area contributed by atoms with Gasteiger partial charge in [0.25, 0.3) is 5.89 Å². The fourth-order valence-corrected chi connectivity index (χ4v) is 3.04. The van der Waals surface area contributed by atoms with Crippen molar-refractivity contribution in [1.29, 1.82) is 0 Å². The number of halogens is 3. The van der Waals surface area contributed by atoms with Crippen LogP contribution in [0.3, 0.4) is 0 Å². The second-order valence-electron chi connectivity index (χ2n) is 6.22. The van der Waals surface area contributed by atoms with Gasteiger partial charge in [-0.25, -0.2) is 9.67 Å². The van der Waals surface area contributed by atoms with Crippen LogP contribution in [0.25, 0.3) is 23.1 Å². The predicted octanol–water partition coefficient (Wildman–Crippen LogP) is 2.95. The highest BCUT2D eigenvalue weighted by atomic mass is 35.5. The number of rotatable bonds is 6. The van der Waals surface area contributed by atoms with E-state index in [9.17, 15) is 8.78 Å². The smallest absolute Gasteiger partial charge is 0.387 e. The first-order valence-electron chi connectivity index (χ1n) is 8.73. The predicted molar refractivity (Wildman–Crippen MR) is 100 cm³/mol. The maximum Gasteiger partial charge on any atom is 0.387 e. The highest BCUT2D eigenvalue weighted by Gasteiger charge is 2.20.